The van der Waals surface area contributed by atoms with Gasteiger partial charge in [0.25, 0.3) is 7.21 Å². The molecule has 4 heterocycles. The number of aryl methyl sites for hydroxylation is 1. The van der Waals surface area contributed by atoms with Gasteiger partial charge in [-0.1, -0.05) is 149 Å². The summed E-state index contributed by atoms with van der Waals surface area (Å²) in [6.45, 7) is 9.63. The molecule has 3 nitrogen and oxygen atoms in total. The summed E-state index contributed by atoms with van der Waals surface area (Å²) in [5, 5.41) is 5.86. The molecule has 0 saturated carbocycles. The average Bonchev–Trinajstić information content (AvgIpc) is 4.20. The zero-order chi connectivity index (χ0) is 43.1. The van der Waals surface area contributed by atoms with Crippen molar-refractivity contribution in [3.8, 4) is 44.0 Å². The van der Waals surface area contributed by atoms with Gasteiger partial charge in [-0.2, -0.15) is 4.10 Å². The van der Waals surface area contributed by atoms with E-state index >= 15 is 0 Å². The van der Waals surface area contributed by atoms with E-state index in [1.165, 1.54) is 80.9 Å². The predicted molar refractivity (Wildman–Crippen MR) is 278 cm³/mol. The van der Waals surface area contributed by atoms with E-state index in [1.807, 2.05) is 11.3 Å². The van der Waals surface area contributed by atoms with Crippen LogP contribution in [-0.2, 0) is 25.7 Å². The van der Waals surface area contributed by atoms with Crippen LogP contribution in [-0.4, -0.2) is 4.10 Å². The Balaban J connectivity index is 1.23. The second-order valence-corrected chi connectivity index (χ2v) is 26.6. The SMILES string of the molecule is CCCc1c(CCC)[p+](C2c3ccccc3-c3cccc(-c4cc5ccccc5s4)c32)p(-n2ppc(CC)c2CC)[n+]1C1c2ccccc2-c2cccc(-c3cc4ccccc4o3)c21. The summed E-state index contributed by atoms with van der Waals surface area (Å²) in [5.41, 5.74) is 18.5. The molecular formula is C56H50N2OP4S+2. The summed E-state index contributed by atoms with van der Waals surface area (Å²) in [7, 11) is 1.16. The molecule has 4 unspecified atom stereocenters. The molecular weight excluding hydrogens is 873 g/mol. The molecule has 0 N–H and O–H groups in total. The van der Waals surface area contributed by atoms with Gasteiger partial charge in [-0.05, 0) is 85.5 Å². The lowest BCUT2D eigenvalue weighted by Crippen LogP contribution is -2.42. The summed E-state index contributed by atoms with van der Waals surface area (Å²) in [5.74, 6) is 0.961. The highest BCUT2D eigenvalue weighted by Crippen LogP contribution is 2.71. The van der Waals surface area contributed by atoms with E-state index in [4.69, 9.17) is 4.42 Å². The van der Waals surface area contributed by atoms with Crippen LogP contribution in [0.15, 0.2) is 150 Å². The van der Waals surface area contributed by atoms with Gasteiger partial charge in [0.1, 0.15) is 11.3 Å². The number of para-hydroxylation sites is 1. The van der Waals surface area contributed by atoms with E-state index in [1.54, 1.807) is 27.5 Å². The minimum atomic E-state index is -0.921. The number of rotatable bonds is 11. The Morgan fingerprint density at radius 3 is 2.05 bits per heavy atom. The van der Waals surface area contributed by atoms with E-state index in [2.05, 4.69) is 182 Å². The van der Waals surface area contributed by atoms with Crippen molar-refractivity contribution in [2.24, 2.45) is 0 Å². The number of fused-ring (bicyclic) bond motifs is 8. The van der Waals surface area contributed by atoms with Crippen molar-refractivity contribution in [2.45, 2.75) is 77.9 Å². The Bertz CT molecular complexity index is 3180. The van der Waals surface area contributed by atoms with Gasteiger partial charge in [0, 0.05) is 72.2 Å². The normalized spacial score (nSPS) is 15.8. The van der Waals surface area contributed by atoms with Crippen molar-refractivity contribution in [1.29, 1.82) is 0 Å². The van der Waals surface area contributed by atoms with Crippen molar-refractivity contribution in [1.82, 2.24) is 4.10 Å². The van der Waals surface area contributed by atoms with Gasteiger partial charge in [0.05, 0.1) is 8.03 Å². The first-order valence-corrected chi connectivity index (χ1v) is 29.7. The van der Waals surface area contributed by atoms with Gasteiger partial charge in [-0.15, -0.1) is 15.7 Å². The monoisotopic (exact) mass is 922 g/mol. The fourth-order valence-corrected chi connectivity index (χ4v) is 27.7. The van der Waals surface area contributed by atoms with E-state index in [-0.39, 0.29) is 11.7 Å². The summed E-state index contributed by atoms with van der Waals surface area (Å²) in [4.78, 5) is 1.38. The van der Waals surface area contributed by atoms with Gasteiger partial charge in [0.2, 0.25) is 17.0 Å². The first kappa shape index (κ1) is 40.6. The molecule has 2 aliphatic rings. The maximum Gasteiger partial charge on any atom is 0.447 e. The van der Waals surface area contributed by atoms with Gasteiger partial charge in [-0.25, -0.2) is 0 Å². The molecule has 4 aromatic heterocycles. The van der Waals surface area contributed by atoms with Crippen LogP contribution in [0.3, 0.4) is 0 Å². The van der Waals surface area contributed by atoms with E-state index in [0.717, 1.165) is 55.3 Å². The number of hydrogen-bond acceptors (Lipinski definition) is 2. The smallest absolute Gasteiger partial charge is 0.447 e. The van der Waals surface area contributed by atoms with Gasteiger partial charge in [-0.3, -0.25) is 0 Å². The third-order valence-electron chi connectivity index (χ3n) is 13.6. The minimum Gasteiger partial charge on any atom is -0.456 e. The molecule has 8 heteroatoms. The molecule has 0 amide bonds. The highest BCUT2D eigenvalue weighted by atomic mass is 32.1. The summed E-state index contributed by atoms with van der Waals surface area (Å²) < 4.78 is 14.3. The van der Waals surface area contributed by atoms with Crippen molar-refractivity contribution < 1.29 is 8.75 Å². The highest BCUT2D eigenvalue weighted by molar-refractivity contribution is 8.08. The minimum absolute atomic E-state index is 0.0484. The quantitative estimate of drug-likeness (QED) is 0.127. The van der Waals surface area contributed by atoms with Crippen LogP contribution in [0.5, 0.6) is 0 Å². The van der Waals surface area contributed by atoms with Gasteiger partial charge in [0.15, 0.2) is 5.66 Å². The van der Waals surface area contributed by atoms with Crippen LogP contribution in [0.25, 0.3) is 65.1 Å². The summed E-state index contributed by atoms with van der Waals surface area (Å²) in [6, 6.07) is 55.3. The van der Waals surface area contributed by atoms with Crippen LogP contribution in [0.4, 0.5) is 0 Å². The summed E-state index contributed by atoms with van der Waals surface area (Å²) in [6.07, 6.45) is 6.58. The lowest BCUT2D eigenvalue weighted by atomic mass is 9.96. The molecule has 0 radical (unpaired) electrons. The molecule has 314 valence electrons. The van der Waals surface area contributed by atoms with Crippen LogP contribution < -0.4 is 4.33 Å². The van der Waals surface area contributed by atoms with Crippen molar-refractivity contribution >= 4 is 63.0 Å². The number of thiophene rings is 1. The molecule has 0 saturated heterocycles. The zero-order valence-electron chi connectivity index (χ0n) is 36.8. The maximum atomic E-state index is 6.83. The van der Waals surface area contributed by atoms with Crippen molar-refractivity contribution in [3.63, 3.8) is 0 Å². The molecule has 64 heavy (non-hydrogen) atoms. The first-order chi connectivity index (χ1) is 31.6. The Hall–Kier alpha value is -4.90. The molecule has 12 rings (SSSR count). The predicted octanol–water partition coefficient (Wildman–Crippen LogP) is 18.1. The molecule has 0 bridgehead atoms. The van der Waals surface area contributed by atoms with Crippen molar-refractivity contribution in [2.75, 3.05) is 0 Å². The molecule has 6 aromatic carbocycles. The number of nitrogens with zero attached hydrogens (tertiary/aromatic N) is 2. The standard InChI is InChI=1S/C56H50N2OP4S/c1-5-19-46-50(20-6-2)62(56-42-26-14-12-24-38(42)40-28-18-30-44(54(40)56)52-34-36-22-10-16-32-51(36)64-52)63(58-45(7-3)49(8-4)60-61-58)57(46)55-41-25-13-11-23-37(41)39-27-17-29-43(53(39)55)48-33-35-21-9-15-31-47(35)59-48/h9-18,21-34,55-56H,5-8,19-20H2,1-4H3/q+2. The lowest BCUT2D eigenvalue weighted by molar-refractivity contribution is -0.646. The van der Waals surface area contributed by atoms with E-state index < -0.39 is 14.7 Å². The molecule has 0 fully saturated rings. The number of benzene rings is 6. The average molecular weight is 923 g/mol. The Morgan fingerprint density at radius 1 is 0.641 bits per heavy atom. The second kappa shape index (κ2) is 16.5. The van der Waals surface area contributed by atoms with Crippen LogP contribution >= 0.6 is 42.0 Å². The van der Waals surface area contributed by atoms with Crippen molar-refractivity contribution in [3.05, 3.63) is 190 Å². The molecule has 0 spiro atoms. The first-order valence-electron chi connectivity index (χ1n) is 23.1. The number of aromatic nitrogens is 2. The number of furan rings is 1. The second-order valence-electron chi connectivity index (χ2n) is 17.2. The van der Waals surface area contributed by atoms with Gasteiger partial charge >= 0.3 is 7.52 Å². The van der Waals surface area contributed by atoms with Gasteiger partial charge < -0.3 is 4.42 Å². The lowest BCUT2D eigenvalue weighted by Gasteiger charge is -2.15. The van der Waals surface area contributed by atoms with E-state index in [0.29, 0.717) is 0 Å². The summed E-state index contributed by atoms with van der Waals surface area (Å²) >= 11 is 1.96. The topological polar surface area (TPSA) is 21.9 Å². The number of hydrogen-bond donors (Lipinski definition) is 0. The third kappa shape index (κ3) is 6.21. The Labute approximate surface area is 385 Å². The Kier molecular flexibility index (Phi) is 10.5. The maximum absolute atomic E-state index is 6.83. The van der Waals surface area contributed by atoms with Crippen LogP contribution in [0.1, 0.15) is 96.5 Å². The molecule has 10 aromatic rings. The van der Waals surface area contributed by atoms with Crippen LogP contribution in [0.2, 0.25) is 0 Å². The van der Waals surface area contributed by atoms with E-state index in [9.17, 15) is 0 Å². The van der Waals surface area contributed by atoms with Crippen LogP contribution in [0, 0.1) is 0 Å². The fourth-order valence-electron chi connectivity index (χ4n) is 11.0. The largest absolute Gasteiger partial charge is 0.456 e. The molecule has 2 aliphatic carbocycles. The Morgan fingerprint density at radius 2 is 1.30 bits per heavy atom. The fraction of sp³-hybridized carbons (Fsp3) is 0.214. The third-order valence-corrected chi connectivity index (χ3v) is 26.8. The molecule has 0 aliphatic heterocycles. The zero-order valence-corrected chi connectivity index (χ0v) is 41.1. The molecule has 4 atom stereocenters. The highest BCUT2D eigenvalue weighted by Gasteiger charge is 2.55.